The number of unbranched alkanes of at least 4 members (excludes halogenated alkanes) is 3. The van der Waals surface area contributed by atoms with Crippen molar-refractivity contribution in [1.29, 1.82) is 0 Å². The van der Waals surface area contributed by atoms with E-state index in [-0.39, 0.29) is 12.4 Å². The Kier molecular flexibility index (Phi) is 11.5. The predicted molar refractivity (Wildman–Crippen MR) is 75.7 cm³/mol. The number of aliphatic imine (C=N–C) groups is 1. The molecule has 0 aromatic rings. The van der Waals surface area contributed by atoms with Crippen LogP contribution in [0.5, 0.6) is 0 Å². The lowest BCUT2D eigenvalue weighted by Gasteiger charge is -2.07. The van der Waals surface area contributed by atoms with Gasteiger partial charge in [-0.2, -0.15) is 0 Å². The highest BCUT2D eigenvalue weighted by atomic mass is 16.3. The van der Waals surface area contributed by atoms with Crippen LogP contribution in [-0.4, -0.2) is 30.9 Å². The highest BCUT2D eigenvalue weighted by Gasteiger charge is 2.00. The highest BCUT2D eigenvalue weighted by Crippen LogP contribution is 2.09. The van der Waals surface area contributed by atoms with Crippen molar-refractivity contribution in [3.8, 4) is 0 Å². The average Bonchev–Trinajstić information content (AvgIpc) is 2.39. The normalized spacial score (nSPS) is 12.1. The predicted octanol–water partition coefficient (Wildman–Crippen LogP) is 2.43. The van der Waals surface area contributed by atoms with Crippen LogP contribution in [0.15, 0.2) is 16.8 Å². The number of carbonyl (C=O) groups is 1. The number of aliphatic hydroxyl groups is 1. The van der Waals surface area contributed by atoms with Crippen LogP contribution in [0.4, 0.5) is 0 Å². The van der Waals surface area contributed by atoms with E-state index >= 15 is 0 Å². The zero-order valence-electron chi connectivity index (χ0n) is 11.6. The zero-order chi connectivity index (χ0) is 13.6. The lowest BCUT2D eigenvalue weighted by atomic mass is 10.1. The van der Waals surface area contributed by atoms with Gasteiger partial charge in [-0.3, -0.25) is 9.79 Å². The maximum atomic E-state index is 10.9. The third-order valence-electron chi connectivity index (χ3n) is 2.66. The second kappa shape index (κ2) is 12.3. The molecule has 0 rings (SSSR count). The van der Waals surface area contributed by atoms with Gasteiger partial charge < -0.3 is 10.4 Å². The van der Waals surface area contributed by atoms with Gasteiger partial charge in [-0.15, -0.1) is 0 Å². The van der Waals surface area contributed by atoms with Crippen molar-refractivity contribution in [3.05, 3.63) is 11.8 Å². The lowest BCUT2D eigenvalue weighted by molar-refractivity contribution is -0.121. The molecule has 4 heteroatoms. The van der Waals surface area contributed by atoms with E-state index in [2.05, 4.69) is 23.3 Å². The van der Waals surface area contributed by atoms with E-state index in [0.29, 0.717) is 6.42 Å². The van der Waals surface area contributed by atoms with Crippen LogP contribution in [0.2, 0.25) is 0 Å². The van der Waals surface area contributed by atoms with Gasteiger partial charge in [0.25, 0.3) is 0 Å². The minimum absolute atomic E-state index is 0.0745. The first-order chi connectivity index (χ1) is 8.74. The third-order valence-corrected chi connectivity index (χ3v) is 2.66. The molecule has 0 bridgehead atoms. The molecule has 104 valence electrons. The molecule has 0 aromatic carbocycles. The van der Waals surface area contributed by atoms with Crippen molar-refractivity contribution < 1.29 is 9.90 Å². The van der Waals surface area contributed by atoms with E-state index < -0.39 is 0 Å². The van der Waals surface area contributed by atoms with Crippen LogP contribution in [0.3, 0.4) is 0 Å². The van der Waals surface area contributed by atoms with Crippen molar-refractivity contribution in [2.24, 2.45) is 4.99 Å². The van der Waals surface area contributed by atoms with Gasteiger partial charge in [-0.05, 0) is 25.7 Å². The highest BCUT2D eigenvalue weighted by molar-refractivity contribution is 5.79. The number of Topliss-reactive ketones (excluding diaryl/α,β-unsaturated/α-hetero) is 1. The first-order valence-corrected chi connectivity index (χ1v) is 6.73. The molecule has 0 amide bonds. The summed E-state index contributed by atoms with van der Waals surface area (Å²) in [5.41, 5.74) is 1.17. The molecule has 0 fully saturated rings. The first-order valence-electron chi connectivity index (χ1n) is 6.73. The van der Waals surface area contributed by atoms with Crippen molar-refractivity contribution in [3.63, 3.8) is 0 Å². The van der Waals surface area contributed by atoms with E-state index in [9.17, 15) is 4.79 Å². The molecule has 0 aliphatic rings. The van der Waals surface area contributed by atoms with Gasteiger partial charge in [0.05, 0.1) is 6.34 Å². The van der Waals surface area contributed by atoms with Gasteiger partial charge >= 0.3 is 0 Å². The Labute approximate surface area is 110 Å². The summed E-state index contributed by atoms with van der Waals surface area (Å²) < 4.78 is 0. The Balaban J connectivity index is 3.92. The van der Waals surface area contributed by atoms with Gasteiger partial charge in [-0.1, -0.05) is 25.8 Å². The number of allylic oxidation sites excluding steroid dienone is 2. The van der Waals surface area contributed by atoms with Crippen LogP contribution in [0.25, 0.3) is 0 Å². The van der Waals surface area contributed by atoms with Gasteiger partial charge in [0.2, 0.25) is 0 Å². The van der Waals surface area contributed by atoms with Gasteiger partial charge in [0.15, 0.2) is 5.78 Å². The van der Waals surface area contributed by atoms with Crippen molar-refractivity contribution >= 4 is 12.1 Å². The quantitative estimate of drug-likeness (QED) is 0.338. The van der Waals surface area contributed by atoms with E-state index in [4.69, 9.17) is 5.11 Å². The number of ketones is 1. The van der Waals surface area contributed by atoms with Crippen molar-refractivity contribution in [2.45, 2.75) is 51.9 Å². The fourth-order valence-electron chi connectivity index (χ4n) is 1.58. The second-order valence-electron chi connectivity index (χ2n) is 4.31. The van der Waals surface area contributed by atoms with Crippen LogP contribution >= 0.6 is 0 Å². The molecule has 0 radical (unpaired) electrons. The van der Waals surface area contributed by atoms with E-state index in [0.717, 1.165) is 25.7 Å². The summed E-state index contributed by atoms with van der Waals surface area (Å²) in [7, 11) is 1.73. The number of hydrogen-bond acceptors (Lipinski definition) is 3. The smallest absolute Gasteiger partial charge is 0.158 e. The molecular formula is C14H26N2O2. The maximum absolute atomic E-state index is 10.9. The summed E-state index contributed by atoms with van der Waals surface area (Å²) in [5.74, 6) is -0.0745. The molecule has 0 saturated heterocycles. The zero-order valence-corrected chi connectivity index (χ0v) is 11.6. The van der Waals surface area contributed by atoms with E-state index in [1.54, 1.807) is 13.4 Å². The molecule has 0 aromatic heterocycles. The molecule has 18 heavy (non-hydrogen) atoms. The summed E-state index contributed by atoms with van der Waals surface area (Å²) in [6.07, 6.45) is 10.5. The Morgan fingerprint density at radius 1 is 1.28 bits per heavy atom. The largest absolute Gasteiger partial charge is 0.389 e. The van der Waals surface area contributed by atoms with Gasteiger partial charge in [0, 0.05) is 19.2 Å². The number of nitrogens with zero attached hydrogens (tertiary/aromatic N) is 1. The molecule has 0 unspecified atom stereocenters. The molecule has 0 saturated carbocycles. The molecule has 0 heterocycles. The van der Waals surface area contributed by atoms with E-state index in [1.807, 2.05) is 0 Å². The van der Waals surface area contributed by atoms with Crippen LogP contribution in [0.1, 0.15) is 51.9 Å². The maximum Gasteiger partial charge on any atom is 0.158 e. The lowest BCUT2D eigenvalue weighted by Crippen LogP contribution is -2.11. The minimum atomic E-state index is -0.333. The van der Waals surface area contributed by atoms with Gasteiger partial charge in [-0.25, -0.2) is 0 Å². The standard InChI is InChI=1S/C14H26N2O2/c1-3-4-5-8-13(16-12-15-2)9-6-7-10-14(18)11-17/h8,12,17H,3-7,9-11H2,1-2H3,(H,15,16)/b13-8-. The summed E-state index contributed by atoms with van der Waals surface area (Å²) in [4.78, 5) is 14.8. The van der Waals surface area contributed by atoms with Crippen LogP contribution in [0, 0.1) is 0 Å². The number of carbonyl (C=O) groups excluding carboxylic acids is 1. The summed E-state index contributed by atoms with van der Waals surface area (Å²) in [5, 5.41) is 11.8. The summed E-state index contributed by atoms with van der Waals surface area (Å²) in [6, 6.07) is 0. The molecule has 0 aliphatic heterocycles. The summed E-state index contributed by atoms with van der Waals surface area (Å²) in [6.45, 7) is 1.84. The fraction of sp³-hybridized carbons (Fsp3) is 0.714. The molecule has 0 aliphatic carbocycles. The average molecular weight is 254 g/mol. The van der Waals surface area contributed by atoms with E-state index in [1.165, 1.54) is 18.5 Å². The number of hydrogen-bond donors (Lipinski definition) is 2. The Morgan fingerprint density at radius 2 is 2.00 bits per heavy atom. The second-order valence-corrected chi connectivity index (χ2v) is 4.31. The van der Waals surface area contributed by atoms with Crippen molar-refractivity contribution in [1.82, 2.24) is 5.32 Å². The fourth-order valence-corrected chi connectivity index (χ4v) is 1.58. The molecular weight excluding hydrogens is 228 g/mol. The van der Waals surface area contributed by atoms with Crippen LogP contribution in [-0.2, 0) is 4.79 Å². The number of rotatable bonds is 11. The summed E-state index contributed by atoms with van der Waals surface area (Å²) >= 11 is 0. The monoisotopic (exact) mass is 254 g/mol. The molecule has 4 nitrogen and oxygen atoms in total. The molecule has 2 N–H and O–H groups in total. The van der Waals surface area contributed by atoms with Gasteiger partial charge in [0.1, 0.15) is 6.61 Å². The minimum Gasteiger partial charge on any atom is -0.389 e. The molecule has 0 atom stereocenters. The van der Waals surface area contributed by atoms with Crippen LogP contribution < -0.4 is 5.32 Å². The molecule has 0 spiro atoms. The Hall–Kier alpha value is -1.16. The Morgan fingerprint density at radius 3 is 2.61 bits per heavy atom. The third kappa shape index (κ3) is 10.0. The topological polar surface area (TPSA) is 61.7 Å². The number of nitrogens with one attached hydrogen (secondary N) is 1. The number of aliphatic hydroxyl groups excluding tert-OH is 1. The van der Waals surface area contributed by atoms with Crippen molar-refractivity contribution in [2.75, 3.05) is 13.7 Å². The Bertz CT molecular complexity index is 273. The first kappa shape index (κ1) is 16.8. The SMILES string of the molecule is CCCC/C=C(/CCCCC(=O)CO)NC=NC.